The second kappa shape index (κ2) is 12.7. The Hall–Kier alpha value is -2.95. The molecule has 1 heterocycles. The number of hydrogen-bond donors (Lipinski definition) is 0. The Balaban J connectivity index is 1.94. The van der Waals surface area contributed by atoms with Crippen molar-refractivity contribution in [3.05, 3.63) is 28.4 Å². The number of imide groups is 1. The van der Waals surface area contributed by atoms with Crippen LogP contribution in [0.1, 0.15) is 100 Å². The van der Waals surface area contributed by atoms with Crippen molar-refractivity contribution in [1.82, 2.24) is 14.9 Å². The zero-order valence-electron chi connectivity index (χ0n) is 26.5. The van der Waals surface area contributed by atoms with E-state index in [0.29, 0.717) is 25.7 Å². The van der Waals surface area contributed by atoms with Crippen LogP contribution in [-0.2, 0) is 20.6 Å². The highest BCUT2D eigenvalue weighted by Gasteiger charge is 2.41. The van der Waals surface area contributed by atoms with Gasteiger partial charge in [0, 0.05) is 28.1 Å². The molecule has 1 saturated carbocycles. The standard InChI is InChI=1S/C31H45BrN4O6/c1-11-19-16-21(32)17-20-18-33-25(34-24(19)20)35(26(37)40-29(2,3)4)22-12-14-23(15-13-22)36(27(38)41-30(5,6)7)28(39)42-31(8,9)10/h16-18,22-23H,11-15H2,1-10H3. The minimum absolute atomic E-state index is 0.258. The van der Waals surface area contributed by atoms with Crippen LogP contribution >= 0.6 is 15.9 Å². The number of carbonyl (C=O) groups excluding carboxylic acids is 3. The molecule has 0 aliphatic heterocycles. The highest BCUT2D eigenvalue weighted by molar-refractivity contribution is 9.10. The number of anilines is 1. The third kappa shape index (κ3) is 9.02. The Morgan fingerprint density at radius 2 is 1.29 bits per heavy atom. The lowest BCUT2D eigenvalue weighted by Gasteiger charge is -2.39. The van der Waals surface area contributed by atoms with Crippen molar-refractivity contribution >= 4 is 51.1 Å². The molecule has 232 valence electrons. The Morgan fingerprint density at radius 3 is 1.76 bits per heavy atom. The number of aromatic nitrogens is 2. The number of aryl methyl sites for hydroxylation is 1. The molecule has 1 aromatic heterocycles. The summed E-state index contributed by atoms with van der Waals surface area (Å²) in [6.07, 6.45) is 2.26. The van der Waals surface area contributed by atoms with E-state index in [0.717, 1.165) is 32.3 Å². The summed E-state index contributed by atoms with van der Waals surface area (Å²) >= 11 is 3.55. The average molecular weight is 650 g/mol. The molecule has 1 fully saturated rings. The van der Waals surface area contributed by atoms with Gasteiger partial charge in [0.2, 0.25) is 5.95 Å². The van der Waals surface area contributed by atoms with Crippen LogP contribution in [0.5, 0.6) is 0 Å². The van der Waals surface area contributed by atoms with E-state index in [2.05, 4.69) is 27.8 Å². The van der Waals surface area contributed by atoms with Gasteiger partial charge in [-0.05, 0) is 112 Å². The van der Waals surface area contributed by atoms with Crippen LogP contribution in [0.3, 0.4) is 0 Å². The lowest BCUT2D eigenvalue weighted by molar-refractivity contribution is -0.0115. The van der Waals surface area contributed by atoms with Crippen molar-refractivity contribution < 1.29 is 28.6 Å². The fraction of sp³-hybridized carbons (Fsp3) is 0.645. The summed E-state index contributed by atoms with van der Waals surface area (Å²) in [5.74, 6) is 0.258. The summed E-state index contributed by atoms with van der Waals surface area (Å²) in [5.41, 5.74) is -0.507. The average Bonchev–Trinajstić information content (AvgIpc) is 2.81. The quantitative estimate of drug-likeness (QED) is 0.305. The van der Waals surface area contributed by atoms with Gasteiger partial charge in [-0.1, -0.05) is 22.9 Å². The Kier molecular flexibility index (Phi) is 10.2. The van der Waals surface area contributed by atoms with Gasteiger partial charge >= 0.3 is 18.3 Å². The molecular formula is C31H45BrN4O6. The highest BCUT2D eigenvalue weighted by atomic mass is 79.9. The van der Waals surface area contributed by atoms with Gasteiger partial charge in [-0.15, -0.1) is 0 Å². The monoisotopic (exact) mass is 648 g/mol. The molecule has 0 spiro atoms. The molecular weight excluding hydrogens is 604 g/mol. The fourth-order valence-corrected chi connectivity index (χ4v) is 5.35. The van der Waals surface area contributed by atoms with E-state index in [1.165, 1.54) is 4.90 Å². The minimum atomic E-state index is -0.789. The first kappa shape index (κ1) is 33.6. The molecule has 0 radical (unpaired) electrons. The number of carbonyl (C=O) groups is 3. The first-order valence-corrected chi connectivity index (χ1v) is 15.3. The molecule has 0 bridgehead atoms. The van der Waals surface area contributed by atoms with Crippen molar-refractivity contribution in [3.8, 4) is 0 Å². The maximum atomic E-state index is 13.6. The van der Waals surface area contributed by atoms with Crippen LogP contribution in [0.15, 0.2) is 22.8 Å². The van der Waals surface area contributed by atoms with Gasteiger partial charge < -0.3 is 14.2 Å². The van der Waals surface area contributed by atoms with Gasteiger partial charge in [0.15, 0.2) is 0 Å². The predicted octanol–water partition coefficient (Wildman–Crippen LogP) is 8.18. The van der Waals surface area contributed by atoms with Gasteiger partial charge in [0.05, 0.1) is 5.52 Å². The number of amides is 3. The highest BCUT2D eigenvalue weighted by Crippen LogP contribution is 2.33. The van der Waals surface area contributed by atoms with Crippen molar-refractivity contribution in [1.29, 1.82) is 0 Å². The summed E-state index contributed by atoms with van der Waals surface area (Å²) in [4.78, 5) is 52.0. The Bertz CT molecular complexity index is 1280. The van der Waals surface area contributed by atoms with Crippen LogP contribution in [0.4, 0.5) is 20.3 Å². The van der Waals surface area contributed by atoms with Crippen molar-refractivity contribution in [2.45, 2.75) is 130 Å². The molecule has 1 aromatic carbocycles. The number of rotatable bonds is 4. The van der Waals surface area contributed by atoms with Crippen molar-refractivity contribution in [2.75, 3.05) is 4.90 Å². The molecule has 10 nitrogen and oxygen atoms in total. The number of benzene rings is 1. The molecule has 42 heavy (non-hydrogen) atoms. The molecule has 0 atom stereocenters. The maximum absolute atomic E-state index is 13.6. The van der Waals surface area contributed by atoms with Crippen LogP contribution in [0, 0.1) is 0 Å². The topological polar surface area (TPSA) is 111 Å². The summed E-state index contributed by atoms with van der Waals surface area (Å²) in [6, 6.07) is 3.19. The third-order valence-corrected chi connectivity index (χ3v) is 6.94. The predicted molar refractivity (Wildman–Crippen MR) is 166 cm³/mol. The zero-order valence-corrected chi connectivity index (χ0v) is 28.1. The Labute approximate surface area is 257 Å². The van der Waals surface area contributed by atoms with Crippen molar-refractivity contribution in [3.63, 3.8) is 0 Å². The van der Waals surface area contributed by atoms with Gasteiger partial charge in [-0.2, -0.15) is 0 Å². The van der Waals surface area contributed by atoms with Crippen LogP contribution in [0.2, 0.25) is 0 Å². The molecule has 2 aromatic rings. The van der Waals surface area contributed by atoms with Crippen LogP contribution < -0.4 is 4.90 Å². The molecule has 1 aliphatic carbocycles. The first-order valence-electron chi connectivity index (χ1n) is 14.5. The van der Waals surface area contributed by atoms with Gasteiger partial charge in [-0.25, -0.2) is 34.2 Å². The summed E-state index contributed by atoms with van der Waals surface area (Å²) in [6.45, 7) is 18.0. The second-order valence-electron chi connectivity index (χ2n) is 13.7. The number of ether oxygens (including phenoxy) is 3. The lowest BCUT2D eigenvalue weighted by atomic mass is 9.89. The van der Waals surface area contributed by atoms with E-state index >= 15 is 0 Å². The second-order valence-corrected chi connectivity index (χ2v) is 14.6. The summed E-state index contributed by atoms with van der Waals surface area (Å²) in [5, 5.41) is 0.864. The normalized spacial score (nSPS) is 17.9. The maximum Gasteiger partial charge on any atom is 0.420 e. The smallest absolute Gasteiger partial charge is 0.420 e. The Morgan fingerprint density at radius 1 is 0.810 bits per heavy atom. The first-order chi connectivity index (χ1) is 19.3. The van der Waals surface area contributed by atoms with E-state index in [1.807, 2.05) is 32.9 Å². The van der Waals surface area contributed by atoms with Crippen LogP contribution in [0.25, 0.3) is 10.9 Å². The van der Waals surface area contributed by atoms with Crippen molar-refractivity contribution in [2.24, 2.45) is 0 Å². The molecule has 11 heteroatoms. The van der Waals surface area contributed by atoms with Gasteiger partial charge in [0.1, 0.15) is 16.8 Å². The molecule has 3 rings (SSSR count). The third-order valence-electron chi connectivity index (χ3n) is 6.48. The lowest BCUT2D eigenvalue weighted by Crippen LogP contribution is -2.52. The van der Waals surface area contributed by atoms with E-state index in [1.54, 1.807) is 47.7 Å². The molecule has 0 unspecified atom stereocenters. The van der Waals surface area contributed by atoms with E-state index in [4.69, 9.17) is 19.2 Å². The minimum Gasteiger partial charge on any atom is -0.443 e. The molecule has 1 aliphatic rings. The SMILES string of the molecule is CCc1cc(Br)cc2cnc(N(C(=O)OC(C)(C)C)C3CCC(N(C(=O)OC(C)(C)C)C(=O)OC(C)(C)C)CC3)nc12. The summed E-state index contributed by atoms with van der Waals surface area (Å²) < 4.78 is 17.9. The number of fused-ring (bicyclic) bond motifs is 1. The largest absolute Gasteiger partial charge is 0.443 e. The van der Waals surface area contributed by atoms with E-state index < -0.39 is 41.1 Å². The fourth-order valence-electron chi connectivity index (χ4n) is 4.83. The number of halogens is 1. The van der Waals surface area contributed by atoms with E-state index in [-0.39, 0.29) is 12.0 Å². The molecule has 3 amide bonds. The zero-order chi connectivity index (χ0) is 31.6. The van der Waals surface area contributed by atoms with Gasteiger partial charge in [-0.3, -0.25) is 0 Å². The van der Waals surface area contributed by atoms with E-state index in [9.17, 15) is 14.4 Å². The molecule has 0 N–H and O–H groups in total. The summed E-state index contributed by atoms with van der Waals surface area (Å²) in [7, 11) is 0. The number of nitrogens with zero attached hydrogens (tertiary/aromatic N) is 4. The van der Waals surface area contributed by atoms with Crippen LogP contribution in [-0.4, -0.2) is 62.0 Å². The number of hydrogen-bond acceptors (Lipinski definition) is 8. The van der Waals surface area contributed by atoms with Gasteiger partial charge in [0.25, 0.3) is 0 Å². The molecule has 0 saturated heterocycles.